The minimum atomic E-state index is 0.276. The van der Waals surface area contributed by atoms with Crippen LogP contribution in [0.15, 0.2) is 23.1 Å². The van der Waals surface area contributed by atoms with Crippen molar-refractivity contribution in [3.63, 3.8) is 0 Å². The van der Waals surface area contributed by atoms with Crippen LogP contribution in [0.5, 0.6) is 5.75 Å². The van der Waals surface area contributed by atoms with Gasteiger partial charge in [-0.05, 0) is 43.1 Å². The van der Waals surface area contributed by atoms with Crippen molar-refractivity contribution in [2.45, 2.75) is 50.5 Å². The number of hydrogen-bond donors (Lipinski definition) is 0. The molecule has 3 heteroatoms. The fraction of sp³-hybridized carbons (Fsp3) is 0.562. The summed E-state index contributed by atoms with van der Waals surface area (Å²) in [5.41, 5.74) is 0.701. The first kappa shape index (κ1) is 14.3. The first-order valence-electron chi connectivity index (χ1n) is 7.07. The molecule has 0 spiro atoms. The maximum absolute atomic E-state index is 9.36. The number of rotatable bonds is 4. The van der Waals surface area contributed by atoms with Gasteiger partial charge in [-0.25, -0.2) is 0 Å². The van der Waals surface area contributed by atoms with Crippen molar-refractivity contribution in [2.24, 2.45) is 5.92 Å². The van der Waals surface area contributed by atoms with Crippen LogP contribution in [0.2, 0.25) is 0 Å². The molecule has 2 atom stereocenters. The topological polar surface area (TPSA) is 33.0 Å². The van der Waals surface area contributed by atoms with Crippen LogP contribution in [0, 0.1) is 17.2 Å². The average molecular weight is 275 g/mol. The van der Waals surface area contributed by atoms with Crippen LogP contribution in [0.25, 0.3) is 0 Å². The minimum absolute atomic E-state index is 0.276. The van der Waals surface area contributed by atoms with E-state index in [1.54, 1.807) is 11.8 Å². The summed E-state index contributed by atoms with van der Waals surface area (Å²) in [6.07, 6.45) is 5.03. The quantitative estimate of drug-likeness (QED) is 0.751. The van der Waals surface area contributed by atoms with E-state index in [1.165, 1.54) is 12.8 Å². The minimum Gasteiger partial charge on any atom is -0.489 e. The predicted octanol–water partition coefficient (Wildman–Crippen LogP) is 4.63. The van der Waals surface area contributed by atoms with Crippen LogP contribution in [0.4, 0.5) is 0 Å². The Labute approximate surface area is 120 Å². The van der Waals surface area contributed by atoms with Crippen LogP contribution < -0.4 is 4.74 Å². The van der Waals surface area contributed by atoms with E-state index in [9.17, 15) is 5.26 Å². The van der Waals surface area contributed by atoms with Crippen LogP contribution in [-0.4, -0.2) is 11.9 Å². The Kier molecular flexibility index (Phi) is 5.15. The van der Waals surface area contributed by atoms with E-state index in [0.29, 0.717) is 5.56 Å². The number of benzene rings is 1. The van der Waals surface area contributed by atoms with E-state index in [4.69, 9.17) is 4.74 Å². The molecule has 2 unspecified atom stereocenters. The molecule has 0 heterocycles. The SMILES string of the molecule is CCSc1cccc(OC2CCCC(C)C2)c1C#N. The Morgan fingerprint density at radius 2 is 2.26 bits per heavy atom. The first-order valence-corrected chi connectivity index (χ1v) is 8.05. The van der Waals surface area contributed by atoms with Gasteiger partial charge in [0.25, 0.3) is 0 Å². The summed E-state index contributed by atoms with van der Waals surface area (Å²) < 4.78 is 6.10. The summed E-state index contributed by atoms with van der Waals surface area (Å²) in [6, 6.07) is 8.22. The van der Waals surface area contributed by atoms with Gasteiger partial charge < -0.3 is 4.74 Å². The van der Waals surface area contributed by atoms with E-state index in [0.717, 1.165) is 35.2 Å². The fourth-order valence-electron chi connectivity index (χ4n) is 2.66. The molecule has 1 aromatic rings. The maximum Gasteiger partial charge on any atom is 0.138 e. The highest BCUT2D eigenvalue weighted by atomic mass is 32.2. The lowest BCUT2D eigenvalue weighted by Crippen LogP contribution is -2.24. The van der Waals surface area contributed by atoms with Gasteiger partial charge in [0.05, 0.1) is 6.10 Å². The second kappa shape index (κ2) is 6.86. The highest BCUT2D eigenvalue weighted by Gasteiger charge is 2.21. The Morgan fingerprint density at radius 3 is 2.95 bits per heavy atom. The maximum atomic E-state index is 9.36. The molecule has 0 radical (unpaired) electrons. The lowest BCUT2D eigenvalue weighted by Gasteiger charge is -2.27. The van der Waals surface area contributed by atoms with Gasteiger partial charge in [-0.2, -0.15) is 5.26 Å². The lowest BCUT2D eigenvalue weighted by atomic mass is 9.88. The molecule has 0 aliphatic heterocycles. The highest BCUT2D eigenvalue weighted by Crippen LogP contribution is 2.33. The smallest absolute Gasteiger partial charge is 0.138 e. The molecule has 0 aromatic heterocycles. The average Bonchev–Trinajstić information content (AvgIpc) is 2.39. The molecule has 0 amide bonds. The molecule has 1 aliphatic carbocycles. The fourth-order valence-corrected chi connectivity index (χ4v) is 3.44. The Bertz CT molecular complexity index is 466. The molecule has 2 rings (SSSR count). The van der Waals surface area contributed by atoms with E-state index >= 15 is 0 Å². The Balaban J connectivity index is 2.15. The summed E-state index contributed by atoms with van der Waals surface area (Å²) in [7, 11) is 0. The van der Waals surface area contributed by atoms with Gasteiger partial charge in [0.2, 0.25) is 0 Å². The molecular formula is C16H21NOS. The van der Waals surface area contributed by atoms with Crippen molar-refractivity contribution < 1.29 is 4.74 Å². The van der Waals surface area contributed by atoms with Crippen molar-refractivity contribution in [3.05, 3.63) is 23.8 Å². The van der Waals surface area contributed by atoms with Gasteiger partial charge in [-0.1, -0.05) is 26.3 Å². The molecule has 0 bridgehead atoms. The number of ether oxygens (including phenoxy) is 1. The highest BCUT2D eigenvalue weighted by molar-refractivity contribution is 7.99. The molecule has 0 N–H and O–H groups in total. The van der Waals surface area contributed by atoms with Crippen LogP contribution >= 0.6 is 11.8 Å². The zero-order valence-electron chi connectivity index (χ0n) is 11.7. The van der Waals surface area contributed by atoms with Gasteiger partial charge in [-0.3, -0.25) is 0 Å². The third-order valence-electron chi connectivity index (χ3n) is 3.58. The standard InChI is InChI=1S/C16H21NOS/c1-3-19-16-9-5-8-15(14(16)11-17)18-13-7-4-6-12(2)10-13/h5,8-9,12-13H,3-4,6-7,10H2,1-2H3. The number of nitriles is 1. The van der Waals surface area contributed by atoms with Gasteiger partial charge in [0, 0.05) is 4.90 Å². The van der Waals surface area contributed by atoms with E-state index in [-0.39, 0.29) is 6.10 Å². The van der Waals surface area contributed by atoms with Gasteiger partial charge in [0.15, 0.2) is 0 Å². The lowest BCUT2D eigenvalue weighted by molar-refractivity contribution is 0.128. The Hall–Kier alpha value is -1.14. The van der Waals surface area contributed by atoms with Crippen molar-refractivity contribution in [1.29, 1.82) is 5.26 Å². The molecule has 1 fully saturated rings. The van der Waals surface area contributed by atoms with E-state index < -0.39 is 0 Å². The number of thioether (sulfide) groups is 1. The second-order valence-corrected chi connectivity index (χ2v) is 6.49. The Morgan fingerprint density at radius 1 is 1.42 bits per heavy atom. The largest absolute Gasteiger partial charge is 0.489 e. The molecule has 102 valence electrons. The summed E-state index contributed by atoms with van der Waals surface area (Å²) in [4.78, 5) is 1.03. The molecule has 19 heavy (non-hydrogen) atoms. The molecule has 1 aromatic carbocycles. The molecular weight excluding hydrogens is 254 g/mol. The van der Waals surface area contributed by atoms with E-state index in [1.807, 2.05) is 18.2 Å². The zero-order valence-corrected chi connectivity index (χ0v) is 12.5. The second-order valence-electron chi connectivity index (χ2n) is 5.19. The van der Waals surface area contributed by atoms with Gasteiger partial charge in [0.1, 0.15) is 17.4 Å². The molecule has 0 saturated heterocycles. The van der Waals surface area contributed by atoms with Crippen LogP contribution in [0.1, 0.15) is 45.1 Å². The van der Waals surface area contributed by atoms with Crippen LogP contribution in [0.3, 0.4) is 0 Å². The summed E-state index contributed by atoms with van der Waals surface area (Å²) in [5, 5.41) is 9.36. The van der Waals surface area contributed by atoms with Gasteiger partial charge in [-0.15, -0.1) is 11.8 Å². The third kappa shape index (κ3) is 3.67. The summed E-state index contributed by atoms with van der Waals surface area (Å²) in [6.45, 7) is 4.38. The molecule has 1 aliphatic rings. The monoisotopic (exact) mass is 275 g/mol. The van der Waals surface area contributed by atoms with Crippen LogP contribution in [-0.2, 0) is 0 Å². The molecule has 1 saturated carbocycles. The number of nitrogens with zero attached hydrogens (tertiary/aromatic N) is 1. The van der Waals surface area contributed by atoms with E-state index in [2.05, 4.69) is 19.9 Å². The predicted molar refractivity (Wildman–Crippen MR) is 79.6 cm³/mol. The van der Waals surface area contributed by atoms with Gasteiger partial charge >= 0.3 is 0 Å². The zero-order chi connectivity index (χ0) is 13.7. The number of hydrogen-bond acceptors (Lipinski definition) is 3. The summed E-state index contributed by atoms with van der Waals surface area (Å²) in [5.74, 6) is 2.47. The summed E-state index contributed by atoms with van der Waals surface area (Å²) >= 11 is 1.70. The van der Waals surface area contributed by atoms with Crippen molar-refractivity contribution in [2.75, 3.05) is 5.75 Å². The van der Waals surface area contributed by atoms with Crippen molar-refractivity contribution in [3.8, 4) is 11.8 Å². The molecule has 2 nitrogen and oxygen atoms in total. The van der Waals surface area contributed by atoms with Crippen molar-refractivity contribution in [1.82, 2.24) is 0 Å². The van der Waals surface area contributed by atoms with Crippen molar-refractivity contribution >= 4 is 11.8 Å². The third-order valence-corrected chi connectivity index (χ3v) is 4.52. The first-order chi connectivity index (χ1) is 9.24. The normalized spacial score (nSPS) is 22.8.